The van der Waals surface area contributed by atoms with Gasteiger partial charge in [0.1, 0.15) is 12.4 Å². The molecule has 1 fully saturated rings. The lowest BCUT2D eigenvalue weighted by atomic mass is 9.96. The largest absolute Gasteiger partial charge is 0.546 e. The van der Waals surface area contributed by atoms with Crippen molar-refractivity contribution < 1.29 is 14.6 Å². The summed E-state index contributed by atoms with van der Waals surface area (Å²) in [6.45, 7) is 1.41. The van der Waals surface area contributed by atoms with Crippen molar-refractivity contribution in [2.24, 2.45) is 5.10 Å². The van der Waals surface area contributed by atoms with E-state index in [1.54, 1.807) is 12.1 Å². The Hall–Kier alpha value is -2.15. The lowest BCUT2D eigenvalue weighted by molar-refractivity contribution is -0.307. The number of hydrogen-bond donors (Lipinski definition) is 2. The summed E-state index contributed by atoms with van der Waals surface area (Å²) in [6.07, 6.45) is 6.10. The summed E-state index contributed by atoms with van der Waals surface area (Å²) in [5.74, 6) is -0.779. The highest BCUT2D eigenvalue weighted by atomic mass is 32.1. The van der Waals surface area contributed by atoms with Crippen LogP contribution < -0.4 is 20.6 Å². The summed E-state index contributed by atoms with van der Waals surface area (Å²) < 4.78 is 5.04. The first kappa shape index (κ1) is 18.2. The van der Waals surface area contributed by atoms with E-state index in [9.17, 15) is 9.90 Å². The number of carboxylic acids is 1. The summed E-state index contributed by atoms with van der Waals surface area (Å²) in [6, 6.07) is 7.44. The van der Waals surface area contributed by atoms with E-state index in [-0.39, 0.29) is 0 Å². The molecule has 6 nitrogen and oxygen atoms in total. The number of carbonyl (C=O) groups excluding carboxylic acids is 1. The number of thiocarbonyl (C=S) groups is 1. The molecule has 1 aliphatic rings. The maximum Gasteiger partial charge on any atom is 0.187 e. The van der Waals surface area contributed by atoms with Crippen molar-refractivity contribution in [3.63, 3.8) is 0 Å². The standard InChI is InChI=1S/C17H23N3O3S/c1-12(13-7-9-15(10-8-13)23-11-16(21)22)19-20-17(24)18-14-5-3-2-4-6-14/h7-10,14H,2-6,11H2,1H3,(H,21,22)(H2,18,20,24)/p-1/b19-12-. The third-order valence-electron chi connectivity index (χ3n) is 3.89. The van der Waals surface area contributed by atoms with E-state index in [2.05, 4.69) is 15.8 Å². The number of hydrogen-bond acceptors (Lipinski definition) is 5. The molecule has 0 atom stereocenters. The topological polar surface area (TPSA) is 85.8 Å². The van der Waals surface area contributed by atoms with Crippen LogP contribution >= 0.6 is 12.2 Å². The van der Waals surface area contributed by atoms with Crippen LogP contribution in [0.15, 0.2) is 29.4 Å². The molecule has 0 saturated heterocycles. The molecule has 0 radical (unpaired) electrons. The normalized spacial score (nSPS) is 15.6. The Morgan fingerprint density at radius 2 is 1.96 bits per heavy atom. The Labute approximate surface area is 147 Å². The van der Waals surface area contributed by atoms with Gasteiger partial charge < -0.3 is 20.0 Å². The van der Waals surface area contributed by atoms with E-state index in [1.165, 1.54) is 19.3 Å². The van der Waals surface area contributed by atoms with Crippen LogP contribution in [-0.2, 0) is 4.79 Å². The molecule has 2 rings (SSSR count). The van der Waals surface area contributed by atoms with Gasteiger partial charge in [-0.1, -0.05) is 19.3 Å². The van der Waals surface area contributed by atoms with Crippen molar-refractivity contribution in [2.45, 2.75) is 45.1 Å². The van der Waals surface area contributed by atoms with Crippen molar-refractivity contribution >= 4 is 29.0 Å². The van der Waals surface area contributed by atoms with Gasteiger partial charge in [0.05, 0.1) is 11.7 Å². The Morgan fingerprint density at radius 1 is 1.29 bits per heavy atom. The Kier molecular flexibility index (Phi) is 6.99. The zero-order valence-corrected chi connectivity index (χ0v) is 14.5. The number of hydrazone groups is 1. The second-order valence-corrected chi connectivity index (χ2v) is 6.21. The maximum absolute atomic E-state index is 10.4. The molecule has 130 valence electrons. The third-order valence-corrected chi connectivity index (χ3v) is 4.10. The van der Waals surface area contributed by atoms with Crippen molar-refractivity contribution in [2.75, 3.05) is 6.61 Å². The molecule has 24 heavy (non-hydrogen) atoms. The average molecular weight is 348 g/mol. The minimum absolute atomic E-state index is 0.439. The van der Waals surface area contributed by atoms with Crippen LogP contribution in [0.5, 0.6) is 5.75 Å². The highest BCUT2D eigenvalue weighted by Crippen LogP contribution is 2.17. The quantitative estimate of drug-likeness (QED) is 0.458. The number of nitrogens with zero attached hydrogens (tertiary/aromatic N) is 1. The first-order chi connectivity index (χ1) is 11.5. The van der Waals surface area contributed by atoms with Crippen LogP contribution in [0.25, 0.3) is 0 Å². The summed E-state index contributed by atoms with van der Waals surface area (Å²) >= 11 is 5.27. The van der Waals surface area contributed by atoms with E-state index < -0.39 is 12.6 Å². The van der Waals surface area contributed by atoms with Gasteiger partial charge in [-0.3, -0.25) is 5.43 Å². The van der Waals surface area contributed by atoms with E-state index >= 15 is 0 Å². The number of ether oxygens (including phenoxy) is 1. The third kappa shape index (κ3) is 6.16. The van der Waals surface area contributed by atoms with Crippen LogP contribution in [0.4, 0.5) is 0 Å². The molecule has 1 aromatic carbocycles. The molecule has 0 aromatic heterocycles. The van der Waals surface area contributed by atoms with Crippen molar-refractivity contribution in [1.29, 1.82) is 0 Å². The zero-order chi connectivity index (χ0) is 17.4. The Morgan fingerprint density at radius 3 is 2.58 bits per heavy atom. The fourth-order valence-electron chi connectivity index (χ4n) is 2.60. The molecule has 0 spiro atoms. The van der Waals surface area contributed by atoms with Crippen molar-refractivity contribution in [3.05, 3.63) is 29.8 Å². The minimum Gasteiger partial charge on any atom is -0.546 e. The van der Waals surface area contributed by atoms with Crippen LogP contribution in [0, 0.1) is 0 Å². The summed E-state index contributed by atoms with van der Waals surface area (Å²) in [7, 11) is 0. The van der Waals surface area contributed by atoms with Gasteiger partial charge in [0.15, 0.2) is 5.11 Å². The summed E-state index contributed by atoms with van der Waals surface area (Å²) in [5, 5.41) is 18.5. The summed E-state index contributed by atoms with van der Waals surface area (Å²) in [4.78, 5) is 10.4. The Bertz CT molecular complexity index is 596. The monoisotopic (exact) mass is 348 g/mol. The fraction of sp³-hybridized carbons (Fsp3) is 0.471. The van der Waals surface area contributed by atoms with E-state index in [0.717, 1.165) is 24.1 Å². The molecule has 0 heterocycles. The van der Waals surface area contributed by atoms with Gasteiger partial charge in [-0.25, -0.2) is 0 Å². The van der Waals surface area contributed by atoms with Crippen LogP contribution in [0.1, 0.15) is 44.6 Å². The second-order valence-electron chi connectivity index (χ2n) is 5.80. The molecule has 1 saturated carbocycles. The molecule has 1 aromatic rings. The number of rotatable bonds is 6. The average Bonchev–Trinajstić information content (AvgIpc) is 2.59. The van der Waals surface area contributed by atoms with Gasteiger partial charge in [-0.05, 0) is 61.8 Å². The predicted molar refractivity (Wildman–Crippen MR) is 94.9 cm³/mol. The predicted octanol–water partition coefficient (Wildman–Crippen LogP) is 1.34. The number of benzene rings is 1. The smallest absolute Gasteiger partial charge is 0.187 e. The fourth-order valence-corrected chi connectivity index (χ4v) is 2.81. The second kappa shape index (κ2) is 9.22. The van der Waals surface area contributed by atoms with Crippen LogP contribution in [0.3, 0.4) is 0 Å². The molecular formula is C17H22N3O3S-. The number of carboxylic acid groups (broad SMARTS) is 1. The number of nitrogens with one attached hydrogen (secondary N) is 2. The summed E-state index contributed by atoms with van der Waals surface area (Å²) in [5.41, 5.74) is 4.54. The molecule has 0 aliphatic heterocycles. The molecule has 0 bridgehead atoms. The zero-order valence-electron chi connectivity index (χ0n) is 13.7. The van der Waals surface area contributed by atoms with Gasteiger partial charge in [0, 0.05) is 6.04 Å². The molecule has 7 heteroatoms. The maximum atomic E-state index is 10.4. The highest BCUT2D eigenvalue weighted by Gasteiger charge is 2.13. The Balaban J connectivity index is 1.83. The van der Waals surface area contributed by atoms with E-state index in [4.69, 9.17) is 17.0 Å². The van der Waals surface area contributed by atoms with Gasteiger partial charge in [0.25, 0.3) is 0 Å². The van der Waals surface area contributed by atoms with E-state index in [0.29, 0.717) is 16.9 Å². The molecule has 0 amide bonds. The number of carbonyl (C=O) groups is 1. The molecular weight excluding hydrogens is 326 g/mol. The lowest BCUT2D eigenvalue weighted by Gasteiger charge is -2.23. The first-order valence-electron chi connectivity index (χ1n) is 8.08. The lowest BCUT2D eigenvalue weighted by Crippen LogP contribution is -2.41. The van der Waals surface area contributed by atoms with Crippen LogP contribution in [-0.4, -0.2) is 29.4 Å². The molecule has 1 aliphatic carbocycles. The van der Waals surface area contributed by atoms with Gasteiger partial charge in [-0.15, -0.1) is 0 Å². The highest BCUT2D eigenvalue weighted by molar-refractivity contribution is 7.80. The number of aliphatic carboxylic acids is 1. The van der Waals surface area contributed by atoms with Crippen molar-refractivity contribution in [3.8, 4) is 5.75 Å². The molecule has 2 N–H and O–H groups in total. The van der Waals surface area contributed by atoms with Gasteiger partial charge >= 0.3 is 0 Å². The van der Waals surface area contributed by atoms with Crippen molar-refractivity contribution in [1.82, 2.24) is 10.7 Å². The van der Waals surface area contributed by atoms with Gasteiger partial charge in [0.2, 0.25) is 0 Å². The van der Waals surface area contributed by atoms with Crippen LogP contribution in [0.2, 0.25) is 0 Å². The van der Waals surface area contributed by atoms with Gasteiger partial charge in [-0.2, -0.15) is 5.10 Å². The minimum atomic E-state index is -1.25. The van der Waals surface area contributed by atoms with E-state index in [1.807, 2.05) is 19.1 Å². The molecule has 0 unspecified atom stereocenters. The first-order valence-corrected chi connectivity index (χ1v) is 8.49. The SMILES string of the molecule is C/C(=N/NC(=S)NC1CCCCC1)c1ccc(OCC(=O)[O-])cc1.